The Hall–Kier alpha value is -2.77. The zero-order valence-electron chi connectivity index (χ0n) is 15.3. The van der Waals surface area contributed by atoms with Gasteiger partial charge in [0.15, 0.2) is 5.65 Å². The van der Waals surface area contributed by atoms with Crippen LogP contribution in [0.2, 0.25) is 0 Å². The van der Waals surface area contributed by atoms with E-state index < -0.39 is 0 Å². The molecule has 1 aliphatic carbocycles. The maximum Gasteiger partial charge on any atom is 0.267 e. The van der Waals surface area contributed by atoms with Crippen molar-refractivity contribution in [3.8, 4) is 0 Å². The second kappa shape index (κ2) is 6.51. The van der Waals surface area contributed by atoms with Gasteiger partial charge in [-0.1, -0.05) is 0 Å². The number of anilines is 1. The van der Waals surface area contributed by atoms with Gasteiger partial charge < -0.3 is 5.32 Å². The normalized spacial score (nSPS) is 20.4. The molecule has 0 saturated heterocycles. The van der Waals surface area contributed by atoms with Gasteiger partial charge in [0.2, 0.25) is 0 Å². The van der Waals surface area contributed by atoms with E-state index in [0.717, 1.165) is 54.1 Å². The lowest BCUT2D eigenvalue weighted by Crippen LogP contribution is -2.33. The Morgan fingerprint density at radius 3 is 2.65 bits per heavy atom. The fourth-order valence-electron chi connectivity index (χ4n) is 3.68. The predicted molar refractivity (Wildman–Crippen MR) is 99.2 cm³/mol. The van der Waals surface area contributed by atoms with Crippen LogP contribution in [-0.2, 0) is 7.05 Å². The van der Waals surface area contributed by atoms with Crippen molar-refractivity contribution < 1.29 is 0 Å². The largest absolute Gasteiger partial charge is 0.367 e. The molecule has 0 radical (unpaired) electrons. The van der Waals surface area contributed by atoms with Gasteiger partial charge in [-0.05, 0) is 45.6 Å². The molecule has 0 atom stereocenters. The highest BCUT2D eigenvalue weighted by Gasteiger charge is 2.24. The maximum absolute atomic E-state index is 12.1. The van der Waals surface area contributed by atoms with Gasteiger partial charge in [-0.15, -0.1) is 0 Å². The summed E-state index contributed by atoms with van der Waals surface area (Å²) in [6, 6.07) is 3.87. The smallest absolute Gasteiger partial charge is 0.267 e. The minimum atomic E-state index is -0.0181. The third kappa shape index (κ3) is 3.07. The predicted octanol–water partition coefficient (Wildman–Crippen LogP) is 2.13. The van der Waals surface area contributed by atoms with Crippen molar-refractivity contribution in [2.75, 3.05) is 5.32 Å². The number of nitrogens with one attached hydrogen (secondary N) is 1. The van der Waals surface area contributed by atoms with Crippen molar-refractivity contribution in [2.24, 2.45) is 7.05 Å². The van der Waals surface area contributed by atoms with Crippen LogP contribution in [0.1, 0.15) is 43.2 Å². The number of fused-ring (bicyclic) bond motifs is 1. The van der Waals surface area contributed by atoms with Crippen LogP contribution in [-0.4, -0.2) is 35.6 Å². The van der Waals surface area contributed by atoms with Gasteiger partial charge in [0, 0.05) is 19.2 Å². The van der Waals surface area contributed by atoms with E-state index in [1.165, 1.54) is 0 Å². The highest BCUT2D eigenvalue weighted by molar-refractivity contribution is 5.86. The molecule has 1 N–H and O–H groups in total. The van der Waals surface area contributed by atoms with Gasteiger partial charge in [0.1, 0.15) is 11.6 Å². The standard InChI is InChI=1S/C18H23N7O/c1-11-4-9-16(26)25(23-11)14-7-5-13(6-8-14)22-17-15-10-19-24(3)18(15)21-12(2)20-17/h4,9-10,13-14H,5-8H2,1-3H3,(H,20,21,22). The first-order valence-electron chi connectivity index (χ1n) is 9.00. The molecule has 26 heavy (non-hydrogen) atoms. The zero-order valence-corrected chi connectivity index (χ0v) is 15.3. The molecule has 0 aliphatic heterocycles. The lowest BCUT2D eigenvalue weighted by atomic mass is 9.91. The number of hydrogen-bond acceptors (Lipinski definition) is 6. The van der Waals surface area contributed by atoms with E-state index in [0.29, 0.717) is 6.04 Å². The first kappa shape index (κ1) is 16.7. The minimum absolute atomic E-state index is 0.0181. The van der Waals surface area contributed by atoms with Gasteiger partial charge in [-0.25, -0.2) is 14.6 Å². The Morgan fingerprint density at radius 1 is 1.12 bits per heavy atom. The molecule has 3 heterocycles. The maximum atomic E-state index is 12.1. The lowest BCUT2D eigenvalue weighted by Gasteiger charge is -2.30. The number of rotatable bonds is 3. The van der Waals surface area contributed by atoms with Crippen LogP contribution in [0.4, 0.5) is 5.82 Å². The molecule has 3 aromatic rings. The molecule has 3 aromatic heterocycles. The molecule has 0 bridgehead atoms. The van der Waals surface area contributed by atoms with Gasteiger partial charge in [-0.3, -0.25) is 9.48 Å². The fourth-order valence-corrected chi connectivity index (χ4v) is 3.68. The summed E-state index contributed by atoms with van der Waals surface area (Å²) < 4.78 is 3.42. The minimum Gasteiger partial charge on any atom is -0.367 e. The molecule has 1 saturated carbocycles. The molecular weight excluding hydrogens is 330 g/mol. The van der Waals surface area contributed by atoms with Crippen molar-refractivity contribution >= 4 is 16.9 Å². The summed E-state index contributed by atoms with van der Waals surface area (Å²) in [5.74, 6) is 1.57. The van der Waals surface area contributed by atoms with Crippen molar-refractivity contribution in [2.45, 2.75) is 51.6 Å². The summed E-state index contributed by atoms with van der Waals surface area (Å²) in [5, 5.41) is 13.2. The molecule has 8 nitrogen and oxygen atoms in total. The van der Waals surface area contributed by atoms with Gasteiger partial charge in [0.25, 0.3) is 5.56 Å². The van der Waals surface area contributed by atoms with Crippen molar-refractivity contribution in [1.29, 1.82) is 0 Å². The van der Waals surface area contributed by atoms with Crippen molar-refractivity contribution in [3.05, 3.63) is 40.2 Å². The van der Waals surface area contributed by atoms with Gasteiger partial charge in [-0.2, -0.15) is 10.2 Å². The number of hydrogen-bond donors (Lipinski definition) is 1. The highest BCUT2D eigenvalue weighted by atomic mass is 16.1. The van der Waals surface area contributed by atoms with E-state index in [1.807, 2.05) is 20.9 Å². The van der Waals surface area contributed by atoms with Crippen molar-refractivity contribution in [1.82, 2.24) is 29.5 Å². The Kier molecular flexibility index (Phi) is 4.18. The molecule has 1 fully saturated rings. The van der Waals surface area contributed by atoms with Crippen molar-refractivity contribution in [3.63, 3.8) is 0 Å². The molecule has 4 rings (SSSR count). The summed E-state index contributed by atoms with van der Waals surface area (Å²) in [6.07, 6.45) is 5.59. The van der Waals surface area contributed by atoms with Crippen LogP contribution in [0.25, 0.3) is 11.0 Å². The second-order valence-electron chi connectivity index (χ2n) is 7.03. The molecule has 0 spiro atoms. The van der Waals surface area contributed by atoms with E-state index in [1.54, 1.807) is 27.7 Å². The average Bonchev–Trinajstić information content (AvgIpc) is 2.99. The Balaban J connectivity index is 1.49. The number of aryl methyl sites for hydroxylation is 3. The molecular formula is C18H23N7O. The van der Waals surface area contributed by atoms with E-state index >= 15 is 0 Å². The van der Waals surface area contributed by atoms with Gasteiger partial charge >= 0.3 is 0 Å². The lowest BCUT2D eigenvalue weighted by molar-refractivity contribution is 0.302. The summed E-state index contributed by atoms with van der Waals surface area (Å²) in [6.45, 7) is 3.81. The van der Waals surface area contributed by atoms with Gasteiger partial charge in [0.05, 0.1) is 23.3 Å². The van der Waals surface area contributed by atoms with E-state index in [4.69, 9.17) is 0 Å². The third-order valence-electron chi connectivity index (χ3n) is 5.05. The van der Waals surface area contributed by atoms with E-state index in [-0.39, 0.29) is 11.6 Å². The first-order valence-corrected chi connectivity index (χ1v) is 9.00. The Morgan fingerprint density at radius 2 is 1.88 bits per heavy atom. The second-order valence-corrected chi connectivity index (χ2v) is 7.03. The summed E-state index contributed by atoms with van der Waals surface area (Å²) in [7, 11) is 1.89. The summed E-state index contributed by atoms with van der Waals surface area (Å²) in [4.78, 5) is 21.1. The van der Waals surface area contributed by atoms with Crippen LogP contribution in [0.3, 0.4) is 0 Å². The van der Waals surface area contributed by atoms with Crippen LogP contribution in [0.5, 0.6) is 0 Å². The highest BCUT2D eigenvalue weighted by Crippen LogP contribution is 2.30. The molecule has 8 heteroatoms. The van der Waals surface area contributed by atoms with Crippen LogP contribution in [0, 0.1) is 13.8 Å². The molecule has 1 aliphatic rings. The Labute approximate surface area is 151 Å². The van der Waals surface area contributed by atoms with Crippen LogP contribution >= 0.6 is 0 Å². The fraction of sp³-hybridized carbons (Fsp3) is 0.500. The molecule has 0 amide bonds. The SMILES string of the molecule is Cc1ccc(=O)n(C2CCC(Nc3nc(C)nc4c3cnn4C)CC2)n1. The quantitative estimate of drug-likeness (QED) is 0.776. The topological polar surface area (TPSA) is 90.5 Å². The van der Waals surface area contributed by atoms with E-state index in [9.17, 15) is 4.79 Å². The van der Waals surface area contributed by atoms with Crippen LogP contribution in [0.15, 0.2) is 23.1 Å². The summed E-state index contributed by atoms with van der Waals surface area (Å²) in [5.41, 5.74) is 1.69. The summed E-state index contributed by atoms with van der Waals surface area (Å²) >= 11 is 0. The molecule has 0 unspecified atom stereocenters. The van der Waals surface area contributed by atoms with Crippen LogP contribution < -0.4 is 10.9 Å². The Bertz CT molecular complexity index is 998. The van der Waals surface area contributed by atoms with E-state index in [2.05, 4.69) is 25.5 Å². The average molecular weight is 353 g/mol. The number of nitrogens with zero attached hydrogens (tertiary/aromatic N) is 6. The third-order valence-corrected chi connectivity index (χ3v) is 5.05. The zero-order chi connectivity index (χ0) is 18.3. The number of aromatic nitrogens is 6. The first-order chi connectivity index (χ1) is 12.5. The molecule has 136 valence electrons. The molecule has 0 aromatic carbocycles. The monoisotopic (exact) mass is 353 g/mol.